The molecule has 0 saturated carbocycles. The summed E-state index contributed by atoms with van der Waals surface area (Å²) in [6, 6.07) is 84.8. The molecule has 0 bridgehead atoms. The third kappa shape index (κ3) is 9.33. The summed E-state index contributed by atoms with van der Waals surface area (Å²) in [5, 5.41) is 14.5. The Morgan fingerprint density at radius 3 is 1.14 bits per heavy atom. The van der Waals surface area contributed by atoms with Crippen molar-refractivity contribution in [2.24, 2.45) is 0 Å². The van der Waals surface area contributed by atoms with E-state index in [1.54, 1.807) is 6.07 Å². The second kappa shape index (κ2) is 21.5. The molecule has 15 aromatic rings. The van der Waals surface area contributed by atoms with Crippen molar-refractivity contribution in [3.63, 3.8) is 0 Å². The van der Waals surface area contributed by atoms with Gasteiger partial charge in [0.2, 0.25) is 0 Å². The summed E-state index contributed by atoms with van der Waals surface area (Å²) in [5.41, 5.74) is 11.2. The van der Waals surface area contributed by atoms with Crippen molar-refractivity contribution in [1.29, 1.82) is 5.26 Å². The van der Waals surface area contributed by atoms with Gasteiger partial charge in [-0.05, 0) is 96.1 Å². The van der Waals surface area contributed by atoms with Gasteiger partial charge in [-0.2, -0.15) is 18.4 Å². The fourth-order valence-electron chi connectivity index (χ4n) is 11.8. The summed E-state index contributed by atoms with van der Waals surface area (Å²) < 4.78 is 47.2. The Labute approximate surface area is 501 Å². The third-order valence-corrected chi connectivity index (χ3v) is 15.9. The Balaban J connectivity index is 0.958. The molecule has 0 aliphatic heterocycles. The highest BCUT2D eigenvalue weighted by molar-refractivity contribution is 6.13. The highest BCUT2D eigenvalue weighted by atomic mass is 19.4. The molecule has 0 radical (unpaired) electrons. The maximum absolute atomic E-state index is 14.3. The van der Waals surface area contributed by atoms with Crippen LogP contribution in [0.3, 0.4) is 0 Å². The second-order valence-electron chi connectivity index (χ2n) is 21.2. The van der Waals surface area contributed by atoms with Crippen LogP contribution in [0.25, 0.3) is 150 Å². The smallest absolute Gasteiger partial charge is 0.309 e. The average molecular weight is 1140 g/mol. The van der Waals surface area contributed by atoms with Crippen LogP contribution in [0.1, 0.15) is 11.1 Å². The molecule has 0 fully saturated rings. The van der Waals surface area contributed by atoms with Gasteiger partial charge >= 0.3 is 6.18 Å². The predicted octanol–water partition coefficient (Wildman–Crippen LogP) is 19.0. The van der Waals surface area contributed by atoms with Crippen molar-refractivity contribution >= 4 is 49.3 Å². The summed E-state index contributed by atoms with van der Waals surface area (Å²) >= 11 is 0. The Morgan fingerprint density at radius 2 is 0.716 bits per heavy atom. The summed E-state index contributed by atoms with van der Waals surface area (Å²) in [6.07, 6.45) is -4.67. The number of hydrogen-bond acceptors (Lipinski definition) is 7. The molecule has 11 aromatic carbocycles. The van der Waals surface area contributed by atoms with Crippen LogP contribution >= 0.6 is 0 Å². The minimum atomic E-state index is -4.67. The van der Waals surface area contributed by atoms with Gasteiger partial charge in [0, 0.05) is 71.6 Å². The van der Waals surface area contributed by atoms with Crippen molar-refractivity contribution in [3.8, 4) is 108 Å². The standard InChI is InChI=1S/C75H43F3N10/c1-80-62-44-54(75(76,77)78)34-35-55(62)51-31-37-68(88-64-29-17-15-27-57(64)60-43-53(33-39-67(60)88)74-85-71(49-22-10-4-11-23-49)82-72(86-74)50-24-12-5-13-25-50)61(41-51)58-40-46(45-79)30-36-65(58)87-63-28-16-14-26-56(63)59-42-52(32-38-66(59)87)73-83-69(47-18-6-2-7-19-47)81-70(84-73)48-20-8-3-9-21-48/h2-44H. The number of para-hydroxylation sites is 2. The van der Waals surface area contributed by atoms with E-state index < -0.39 is 11.7 Å². The molecule has 13 heteroatoms. The molecular formula is C75H43F3N10. The first-order valence-corrected chi connectivity index (χ1v) is 28.3. The monoisotopic (exact) mass is 1140 g/mol. The second-order valence-corrected chi connectivity index (χ2v) is 21.2. The minimum absolute atomic E-state index is 0.156. The number of hydrogen-bond donors (Lipinski definition) is 0. The quantitative estimate of drug-likeness (QED) is 0.125. The summed E-state index contributed by atoms with van der Waals surface area (Å²) in [4.78, 5) is 33.8. The number of nitrogens with zero attached hydrogens (tertiary/aromatic N) is 10. The van der Waals surface area contributed by atoms with Gasteiger partial charge < -0.3 is 9.13 Å². The predicted molar refractivity (Wildman–Crippen MR) is 341 cm³/mol. The number of nitriles is 1. The van der Waals surface area contributed by atoms with Crippen LogP contribution in [0.2, 0.25) is 0 Å². The molecule has 4 heterocycles. The molecule has 0 aliphatic carbocycles. The van der Waals surface area contributed by atoms with Crippen LogP contribution in [0.5, 0.6) is 0 Å². The van der Waals surface area contributed by atoms with Crippen LogP contribution in [-0.4, -0.2) is 39.0 Å². The van der Waals surface area contributed by atoms with Gasteiger partial charge in [-0.3, -0.25) is 0 Å². The van der Waals surface area contributed by atoms with Gasteiger partial charge in [-0.25, -0.2) is 34.7 Å². The molecule has 414 valence electrons. The maximum atomic E-state index is 14.3. The Morgan fingerprint density at radius 1 is 0.341 bits per heavy atom. The lowest BCUT2D eigenvalue weighted by Crippen LogP contribution is -2.04. The molecule has 0 saturated heterocycles. The van der Waals surface area contributed by atoms with Crippen molar-refractivity contribution in [3.05, 3.63) is 283 Å². The highest BCUT2D eigenvalue weighted by Crippen LogP contribution is 2.46. The summed E-state index contributed by atoms with van der Waals surface area (Å²) in [7, 11) is 0. The van der Waals surface area contributed by atoms with Gasteiger partial charge in [0.1, 0.15) is 0 Å². The summed E-state index contributed by atoms with van der Waals surface area (Å²) in [6.45, 7) is 8.18. The molecule has 4 aromatic heterocycles. The van der Waals surface area contributed by atoms with Gasteiger partial charge in [-0.1, -0.05) is 176 Å². The summed E-state index contributed by atoms with van der Waals surface area (Å²) in [5.74, 6) is 3.11. The van der Waals surface area contributed by atoms with Crippen molar-refractivity contribution in [2.75, 3.05) is 0 Å². The first-order valence-electron chi connectivity index (χ1n) is 28.3. The fraction of sp³-hybridized carbons (Fsp3) is 0.0133. The van der Waals surface area contributed by atoms with Crippen molar-refractivity contribution < 1.29 is 13.2 Å². The van der Waals surface area contributed by atoms with E-state index in [2.05, 4.69) is 68.6 Å². The number of rotatable bonds is 10. The normalized spacial score (nSPS) is 11.6. The number of benzene rings is 11. The molecule has 88 heavy (non-hydrogen) atoms. The zero-order valence-corrected chi connectivity index (χ0v) is 46.4. The van der Waals surface area contributed by atoms with Crippen molar-refractivity contribution in [1.82, 2.24) is 39.0 Å². The van der Waals surface area contributed by atoms with E-state index >= 15 is 0 Å². The minimum Gasteiger partial charge on any atom is -0.309 e. The van der Waals surface area contributed by atoms with E-state index in [-0.39, 0.29) is 5.69 Å². The lowest BCUT2D eigenvalue weighted by atomic mass is 9.93. The number of halogens is 3. The van der Waals surface area contributed by atoms with Gasteiger partial charge in [0.15, 0.2) is 40.6 Å². The van der Waals surface area contributed by atoms with E-state index in [0.29, 0.717) is 74.1 Å². The number of fused-ring (bicyclic) bond motifs is 6. The lowest BCUT2D eigenvalue weighted by Gasteiger charge is -2.20. The third-order valence-electron chi connectivity index (χ3n) is 15.9. The molecule has 0 aliphatic rings. The van der Waals surface area contributed by atoms with Gasteiger partial charge in [0.25, 0.3) is 0 Å². The van der Waals surface area contributed by atoms with E-state index in [4.69, 9.17) is 36.5 Å². The average Bonchev–Trinajstić information content (AvgIpc) is 1.66. The molecule has 0 spiro atoms. The molecule has 0 N–H and O–H groups in total. The zero-order valence-electron chi connectivity index (χ0n) is 46.4. The largest absolute Gasteiger partial charge is 0.415 e. The molecular weight excluding hydrogens is 1100 g/mol. The molecule has 10 nitrogen and oxygen atoms in total. The first-order chi connectivity index (χ1) is 43.1. The van der Waals surface area contributed by atoms with Crippen LogP contribution in [0.4, 0.5) is 18.9 Å². The Kier molecular flexibility index (Phi) is 12.8. The van der Waals surface area contributed by atoms with Gasteiger partial charge in [-0.15, -0.1) is 0 Å². The highest BCUT2D eigenvalue weighted by Gasteiger charge is 2.31. The van der Waals surface area contributed by atoms with E-state index in [0.717, 1.165) is 89.1 Å². The topological polar surface area (TPSA) is 115 Å². The van der Waals surface area contributed by atoms with E-state index in [9.17, 15) is 18.4 Å². The first kappa shape index (κ1) is 52.6. The van der Waals surface area contributed by atoms with Gasteiger partial charge in [0.05, 0.1) is 51.6 Å². The molecule has 0 atom stereocenters. The Hall–Kier alpha value is -12.2. The van der Waals surface area contributed by atoms with Crippen LogP contribution in [0, 0.1) is 17.9 Å². The number of aromatic nitrogens is 8. The molecule has 0 unspecified atom stereocenters. The van der Waals surface area contributed by atoms with Crippen LogP contribution < -0.4 is 0 Å². The fourth-order valence-corrected chi connectivity index (χ4v) is 11.8. The van der Waals surface area contributed by atoms with E-state index in [1.165, 1.54) is 6.07 Å². The Bertz CT molecular complexity index is 5220. The van der Waals surface area contributed by atoms with Crippen LogP contribution in [0.15, 0.2) is 261 Å². The van der Waals surface area contributed by atoms with Crippen molar-refractivity contribution in [2.45, 2.75) is 6.18 Å². The lowest BCUT2D eigenvalue weighted by molar-refractivity contribution is -0.137. The maximum Gasteiger partial charge on any atom is 0.415 e. The molecule has 0 amide bonds. The van der Waals surface area contributed by atoms with Crippen LogP contribution in [-0.2, 0) is 6.18 Å². The number of alkyl halides is 3. The molecule has 15 rings (SSSR count). The SMILES string of the molecule is [C-]#[N+]c1cc(C(F)(F)F)ccc1-c1ccc(-n2c3ccccc3c3cc(-c4nc(-c5ccccc5)nc(-c5ccccc5)n4)ccc32)c(-c2cc(C#N)ccc2-n2c3ccccc3c3cc(-c4nc(-c5ccccc5)nc(-c5ccccc5)n4)ccc32)c1. The zero-order chi connectivity index (χ0) is 59.5. The van der Waals surface area contributed by atoms with E-state index in [1.807, 2.05) is 188 Å².